The number of hydrogen-bond donors (Lipinski definition) is 1. The lowest BCUT2D eigenvalue weighted by Gasteiger charge is -2.08. The second-order valence-electron chi connectivity index (χ2n) is 3.26. The number of rotatable bonds is 4. The fraction of sp³-hybridized carbons (Fsp3) is 0.300. The average molecular weight is 306 g/mol. The highest BCUT2D eigenvalue weighted by Crippen LogP contribution is 2.20. The third kappa shape index (κ3) is 3.61. The number of nitrogens with one attached hydrogen (secondary N) is 1. The highest BCUT2D eigenvalue weighted by atomic mass is 79.9. The average Bonchev–Trinajstić information content (AvgIpc) is 2.17. The first-order valence-corrected chi connectivity index (χ1v) is 7.61. The molecule has 1 aromatic carbocycles. The predicted molar refractivity (Wildman–Crippen MR) is 66.6 cm³/mol. The van der Waals surface area contributed by atoms with Gasteiger partial charge in [-0.05, 0) is 12.1 Å². The number of carbonyl (C=O) groups excluding carboxylic acids is 1. The van der Waals surface area contributed by atoms with Crippen LogP contribution in [0.1, 0.15) is 6.42 Å². The van der Waals surface area contributed by atoms with E-state index >= 15 is 0 Å². The number of alkyl halides is 1. The van der Waals surface area contributed by atoms with Crippen LogP contribution in [0.3, 0.4) is 0 Å². The Labute approximate surface area is 103 Å². The summed E-state index contributed by atoms with van der Waals surface area (Å²) in [5, 5.41) is 3.11. The lowest BCUT2D eigenvalue weighted by atomic mass is 10.3. The van der Waals surface area contributed by atoms with Gasteiger partial charge in [0.15, 0.2) is 9.84 Å². The molecule has 88 valence electrons. The van der Waals surface area contributed by atoms with Crippen molar-refractivity contribution in [1.82, 2.24) is 0 Å². The third-order valence-electron chi connectivity index (χ3n) is 1.88. The summed E-state index contributed by atoms with van der Waals surface area (Å²) in [5.74, 6) is -0.215. The zero-order valence-electron chi connectivity index (χ0n) is 8.73. The monoisotopic (exact) mass is 305 g/mol. The Morgan fingerprint density at radius 2 is 2.00 bits per heavy atom. The molecule has 0 aromatic heterocycles. The topological polar surface area (TPSA) is 63.2 Å². The smallest absolute Gasteiger partial charge is 0.225 e. The Bertz CT molecular complexity index is 485. The Morgan fingerprint density at radius 3 is 2.56 bits per heavy atom. The number of anilines is 1. The van der Waals surface area contributed by atoms with Crippen molar-refractivity contribution in [2.75, 3.05) is 16.9 Å². The molecule has 0 aliphatic rings. The molecule has 0 fully saturated rings. The van der Waals surface area contributed by atoms with Crippen molar-refractivity contribution in [3.8, 4) is 0 Å². The summed E-state index contributed by atoms with van der Waals surface area (Å²) >= 11 is 3.14. The molecule has 0 aliphatic carbocycles. The van der Waals surface area contributed by atoms with Gasteiger partial charge < -0.3 is 5.32 Å². The zero-order valence-corrected chi connectivity index (χ0v) is 11.1. The number of para-hydroxylation sites is 1. The summed E-state index contributed by atoms with van der Waals surface area (Å²) < 4.78 is 22.9. The van der Waals surface area contributed by atoms with Gasteiger partial charge in [-0.1, -0.05) is 28.1 Å². The number of amides is 1. The van der Waals surface area contributed by atoms with Crippen molar-refractivity contribution < 1.29 is 13.2 Å². The molecule has 0 radical (unpaired) electrons. The highest BCUT2D eigenvalue weighted by Gasteiger charge is 2.13. The van der Waals surface area contributed by atoms with Crippen LogP contribution in [-0.2, 0) is 14.6 Å². The molecule has 0 atom stereocenters. The summed E-state index contributed by atoms with van der Waals surface area (Å²) in [4.78, 5) is 11.5. The van der Waals surface area contributed by atoms with E-state index in [1.807, 2.05) is 0 Å². The summed E-state index contributed by atoms with van der Waals surface area (Å²) in [7, 11) is -3.32. The summed E-state index contributed by atoms with van der Waals surface area (Å²) in [5.41, 5.74) is 0.330. The van der Waals surface area contributed by atoms with Crippen LogP contribution in [0.2, 0.25) is 0 Å². The van der Waals surface area contributed by atoms with Crippen LogP contribution in [-0.4, -0.2) is 25.9 Å². The minimum atomic E-state index is -3.32. The normalized spacial score (nSPS) is 11.1. The van der Waals surface area contributed by atoms with Crippen molar-refractivity contribution in [3.63, 3.8) is 0 Å². The van der Waals surface area contributed by atoms with Gasteiger partial charge in [0.25, 0.3) is 0 Å². The minimum Gasteiger partial charge on any atom is -0.325 e. The Kier molecular flexibility index (Phi) is 4.49. The minimum absolute atomic E-state index is 0.137. The van der Waals surface area contributed by atoms with E-state index < -0.39 is 9.84 Å². The van der Waals surface area contributed by atoms with Crippen LogP contribution in [0.4, 0.5) is 5.69 Å². The second kappa shape index (κ2) is 5.45. The molecule has 1 rings (SSSR count). The number of carbonyl (C=O) groups is 1. The summed E-state index contributed by atoms with van der Waals surface area (Å²) in [6.45, 7) is 0. The summed E-state index contributed by atoms with van der Waals surface area (Å²) in [6.07, 6.45) is 1.42. The van der Waals surface area contributed by atoms with Crippen molar-refractivity contribution in [1.29, 1.82) is 0 Å². The van der Waals surface area contributed by atoms with E-state index in [1.54, 1.807) is 18.2 Å². The molecular formula is C10H12BrNO3S. The number of hydrogen-bond acceptors (Lipinski definition) is 3. The van der Waals surface area contributed by atoms with Gasteiger partial charge in [-0.15, -0.1) is 0 Å². The van der Waals surface area contributed by atoms with Crippen LogP contribution in [0.15, 0.2) is 29.2 Å². The molecule has 0 bridgehead atoms. The van der Waals surface area contributed by atoms with E-state index in [4.69, 9.17) is 0 Å². The molecule has 1 N–H and O–H groups in total. The quantitative estimate of drug-likeness (QED) is 0.863. The molecule has 6 heteroatoms. The van der Waals surface area contributed by atoms with Gasteiger partial charge in [-0.3, -0.25) is 4.79 Å². The van der Waals surface area contributed by atoms with Crippen LogP contribution in [0, 0.1) is 0 Å². The molecule has 4 nitrogen and oxygen atoms in total. The Hall–Kier alpha value is -0.880. The first-order valence-electron chi connectivity index (χ1n) is 4.60. The molecule has 0 unspecified atom stereocenters. The maximum absolute atomic E-state index is 11.4. The van der Waals surface area contributed by atoms with Crippen molar-refractivity contribution in [2.24, 2.45) is 0 Å². The van der Waals surface area contributed by atoms with Gasteiger partial charge in [-0.2, -0.15) is 0 Å². The van der Waals surface area contributed by atoms with Crippen molar-refractivity contribution in [3.05, 3.63) is 24.3 Å². The lowest BCUT2D eigenvalue weighted by Crippen LogP contribution is -2.14. The Balaban J connectivity index is 3.01. The first kappa shape index (κ1) is 13.2. The fourth-order valence-electron chi connectivity index (χ4n) is 1.19. The van der Waals surface area contributed by atoms with E-state index in [2.05, 4.69) is 21.2 Å². The van der Waals surface area contributed by atoms with Gasteiger partial charge in [0.05, 0.1) is 10.6 Å². The molecular weight excluding hydrogens is 294 g/mol. The largest absolute Gasteiger partial charge is 0.325 e. The van der Waals surface area contributed by atoms with E-state index in [9.17, 15) is 13.2 Å². The second-order valence-corrected chi connectivity index (χ2v) is 6.03. The third-order valence-corrected chi connectivity index (χ3v) is 3.43. The van der Waals surface area contributed by atoms with Gasteiger partial charge in [0.1, 0.15) is 0 Å². The SMILES string of the molecule is CS(=O)(=O)c1ccccc1NC(=O)CCBr. The standard InChI is InChI=1S/C10H12BrNO3S/c1-16(14,15)9-5-3-2-4-8(9)12-10(13)6-7-11/h2-5H,6-7H2,1H3,(H,12,13). The number of sulfone groups is 1. The molecule has 1 amide bonds. The van der Waals surface area contributed by atoms with Crippen LogP contribution < -0.4 is 5.32 Å². The maximum Gasteiger partial charge on any atom is 0.225 e. The zero-order chi connectivity index (χ0) is 12.2. The van der Waals surface area contributed by atoms with E-state index in [0.29, 0.717) is 17.4 Å². The van der Waals surface area contributed by atoms with Crippen LogP contribution in [0.5, 0.6) is 0 Å². The van der Waals surface area contributed by atoms with Gasteiger partial charge >= 0.3 is 0 Å². The fourth-order valence-corrected chi connectivity index (χ4v) is 2.40. The number of halogens is 1. The van der Waals surface area contributed by atoms with Crippen LogP contribution in [0.25, 0.3) is 0 Å². The van der Waals surface area contributed by atoms with Gasteiger partial charge in [0.2, 0.25) is 5.91 Å². The lowest BCUT2D eigenvalue weighted by molar-refractivity contribution is -0.115. The van der Waals surface area contributed by atoms with Gasteiger partial charge in [-0.25, -0.2) is 8.42 Å². The molecule has 0 saturated heterocycles. The molecule has 16 heavy (non-hydrogen) atoms. The van der Waals surface area contributed by atoms with E-state index in [0.717, 1.165) is 6.26 Å². The molecule has 0 aliphatic heterocycles. The predicted octanol–water partition coefficient (Wildman–Crippen LogP) is 1.81. The molecule has 0 heterocycles. The van der Waals surface area contributed by atoms with Crippen molar-refractivity contribution >= 4 is 37.4 Å². The molecule has 0 spiro atoms. The van der Waals surface area contributed by atoms with E-state index in [1.165, 1.54) is 6.07 Å². The number of benzene rings is 1. The summed E-state index contributed by atoms with van der Waals surface area (Å²) in [6, 6.07) is 6.34. The highest BCUT2D eigenvalue weighted by molar-refractivity contribution is 9.09. The van der Waals surface area contributed by atoms with E-state index in [-0.39, 0.29) is 10.8 Å². The first-order chi connectivity index (χ1) is 7.45. The molecule has 1 aromatic rings. The van der Waals surface area contributed by atoms with Gasteiger partial charge in [0, 0.05) is 18.0 Å². The van der Waals surface area contributed by atoms with Crippen molar-refractivity contribution in [2.45, 2.75) is 11.3 Å². The maximum atomic E-state index is 11.4. The van der Waals surface area contributed by atoms with Crippen LogP contribution >= 0.6 is 15.9 Å². The molecule has 0 saturated carbocycles. The Morgan fingerprint density at radius 1 is 1.38 bits per heavy atom.